The lowest BCUT2D eigenvalue weighted by Crippen LogP contribution is -2.43. The number of aliphatic hydroxyl groups excluding tert-OH is 1. The largest absolute Gasteiger partial charge is 0.391 e. The molecule has 0 spiro atoms. The minimum atomic E-state index is -0.472. The van der Waals surface area contributed by atoms with E-state index >= 15 is 0 Å². The van der Waals surface area contributed by atoms with Crippen molar-refractivity contribution >= 4 is 5.91 Å². The summed E-state index contributed by atoms with van der Waals surface area (Å²) in [6.45, 7) is 0.914. The molecule has 0 radical (unpaired) electrons. The average molecular weight is 222 g/mol. The van der Waals surface area contributed by atoms with Crippen LogP contribution in [0.5, 0.6) is 0 Å². The van der Waals surface area contributed by atoms with Crippen molar-refractivity contribution in [2.24, 2.45) is 0 Å². The van der Waals surface area contributed by atoms with E-state index in [4.69, 9.17) is 0 Å². The second kappa shape index (κ2) is 4.49. The van der Waals surface area contributed by atoms with Gasteiger partial charge in [0.05, 0.1) is 6.10 Å². The predicted octanol–water partition coefficient (Wildman–Crippen LogP) is -0.0282. The van der Waals surface area contributed by atoms with E-state index < -0.39 is 6.10 Å². The molecule has 2 N–H and O–H groups in total. The first kappa shape index (κ1) is 10.9. The van der Waals surface area contributed by atoms with Crippen LogP contribution in [0.3, 0.4) is 0 Å². The van der Waals surface area contributed by atoms with Crippen LogP contribution in [0.25, 0.3) is 0 Å². The zero-order valence-electron chi connectivity index (χ0n) is 8.85. The topological polar surface area (TPSA) is 73.4 Å². The molecule has 1 unspecified atom stereocenters. The van der Waals surface area contributed by atoms with Crippen LogP contribution in [0, 0.1) is 0 Å². The number of carbonyl (C=O) groups is 1. The number of piperidine rings is 1. The van der Waals surface area contributed by atoms with Crippen molar-refractivity contribution in [1.82, 2.24) is 9.88 Å². The first-order chi connectivity index (χ1) is 7.68. The molecule has 1 aliphatic rings. The van der Waals surface area contributed by atoms with Crippen LogP contribution in [0.4, 0.5) is 0 Å². The number of amides is 1. The molecule has 86 valence electrons. The van der Waals surface area contributed by atoms with Gasteiger partial charge < -0.3 is 15.0 Å². The van der Waals surface area contributed by atoms with Gasteiger partial charge in [0, 0.05) is 19.3 Å². The summed E-state index contributed by atoms with van der Waals surface area (Å²) in [6.07, 6.45) is 2.51. The Balaban J connectivity index is 2.19. The van der Waals surface area contributed by atoms with E-state index in [1.54, 1.807) is 6.07 Å². The van der Waals surface area contributed by atoms with Crippen molar-refractivity contribution in [2.75, 3.05) is 13.1 Å². The third kappa shape index (κ3) is 2.14. The van der Waals surface area contributed by atoms with Gasteiger partial charge in [-0.1, -0.05) is 0 Å². The molecule has 5 heteroatoms. The Bertz CT molecular complexity index is 441. The molecule has 1 aromatic rings. The maximum Gasteiger partial charge on any atom is 0.260 e. The van der Waals surface area contributed by atoms with Gasteiger partial charge in [0.15, 0.2) is 0 Å². The molecular formula is C11H14N2O3. The van der Waals surface area contributed by atoms with Gasteiger partial charge >= 0.3 is 0 Å². The number of carbonyl (C=O) groups excluding carboxylic acids is 1. The van der Waals surface area contributed by atoms with Crippen LogP contribution in [0.2, 0.25) is 0 Å². The standard InChI is InChI=1S/C11H14N2O3/c14-8-3-2-6-13(7-8)11(16)9-4-1-5-12-10(9)15/h1,4-5,8,14H,2-3,6-7H2,(H,12,15). The van der Waals surface area contributed by atoms with E-state index in [1.165, 1.54) is 17.2 Å². The van der Waals surface area contributed by atoms with E-state index in [9.17, 15) is 14.7 Å². The van der Waals surface area contributed by atoms with E-state index in [1.807, 2.05) is 0 Å². The molecular weight excluding hydrogens is 208 g/mol. The maximum atomic E-state index is 12.0. The van der Waals surface area contributed by atoms with Crippen LogP contribution in [-0.4, -0.2) is 40.1 Å². The normalized spacial score (nSPS) is 20.8. The monoisotopic (exact) mass is 222 g/mol. The number of aliphatic hydroxyl groups is 1. The zero-order chi connectivity index (χ0) is 11.5. The smallest absolute Gasteiger partial charge is 0.260 e. The van der Waals surface area contributed by atoms with Crippen LogP contribution in [0.1, 0.15) is 23.2 Å². The van der Waals surface area contributed by atoms with Gasteiger partial charge in [0.2, 0.25) is 0 Å². The number of β-amino-alcohol motifs (C(OH)–C–C–N with tert-alkyl or cyclic N) is 1. The number of nitrogens with zero attached hydrogens (tertiary/aromatic N) is 1. The summed E-state index contributed by atoms with van der Waals surface area (Å²) < 4.78 is 0. The SMILES string of the molecule is O=C(c1ccc[nH]c1=O)N1CCCC(O)C1. The molecule has 16 heavy (non-hydrogen) atoms. The fourth-order valence-corrected chi connectivity index (χ4v) is 1.90. The molecule has 2 heterocycles. The second-order valence-electron chi connectivity index (χ2n) is 3.96. The fraction of sp³-hybridized carbons (Fsp3) is 0.455. The van der Waals surface area contributed by atoms with Gasteiger partial charge in [-0.2, -0.15) is 0 Å². The Morgan fingerprint density at radius 1 is 1.56 bits per heavy atom. The minimum Gasteiger partial charge on any atom is -0.391 e. The van der Waals surface area contributed by atoms with E-state index in [-0.39, 0.29) is 17.0 Å². The van der Waals surface area contributed by atoms with Gasteiger partial charge in [-0.3, -0.25) is 9.59 Å². The molecule has 0 aromatic carbocycles. The van der Waals surface area contributed by atoms with Crippen molar-refractivity contribution in [3.8, 4) is 0 Å². The number of aromatic nitrogens is 1. The third-order valence-electron chi connectivity index (χ3n) is 2.73. The highest BCUT2D eigenvalue weighted by Gasteiger charge is 2.24. The summed E-state index contributed by atoms with van der Waals surface area (Å²) in [6, 6.07) is 3.12. The Kier molecular flexibility index (Phi) is 3.05. The van der Waals surface area contributed by atoms with Crippen LogP contribution in [0.15, 0.2) is 23.1 Å². The van der Waals surface area contributed by atoms with E-state index in [2.05, 4.69) is 4.98 Å². The van der Waals surface area contributed by atoms with Crippen LogP contribution in [-0.2, 0) is 0 Å². The number of rotatable bonds is 1. The number of likely N-dealkylation sites (tertiary alicyclic amines) is 1. The average Bonchev–Trinajstić information content (AvgIpc) is 2.29. The molecule has 0 saturated carbocycles. The Morgan fingerprint density at radius 3 is 3.06 bits per heavy atom. The molecule has 1 aliphatic heterocycles. The van der Waals surface area contributed by atoms with Crippen molar-refractivity contribution in [1.29, 1.82) is 0 Å². The lowest BCUT2D eigenvalue weighted by molar-refractivity contribution is 0.0472. The Hall–Kier alpha value is -1.62. The van der Waals surface area contributed by atoms with Gasteiger partial charge in [0.25, 0.3) is 11.5 Å². The van der Waals surface area contributed by atoms with Crippen molar-refractivity contribution in [2.45, 2.75) is 18.9 Å². The molecule has 1 atom stereocenters. The van der Waals surface area contributed by atoms with Crippen molar-refractivity contribution < 1.29 is 9.90 Å². The van der Waals surface area contributed by atoms with Crippen LogP contribution < -0.4 is 5.56 Å². The molecule has 1 fully saturated rings. The highest BCUT2D eigenvalue weighted by atomic mass is 16.3. The number of pyridine rings is 1. The fourth-order valence-electron chi connectivity index (χ4n) is 1.90. The van der Waals surface area contributed by atoms with Crippen molar-refractivity contribution in [3.05, 3.63) is 34.2 Å². The number of aromatic amines is 1. The van der Waals surface area contributed by atoms with Gasteiger partial charge in [-0.05, 0) is 25.0 Å². The Morgan fingerprint density at radius 2 is 2.38 bits per heavy atom. The predicted molar refractivity (Wildman–Crippen MR) is 58.2 cm³/mol. The zero-order valence-corrected chi connectivity index (χ0v) is 8.85. The van der Waals surface area contributed by atoms with Crippen molar-refractivity contribution in [3.63, 3.8) is 0 Å². The quantitative estimate of drug-likeness (QED) is 0.701. The highest BCUT2D eigenvalue weighted by Crippen LogP contribution is 2.11. The summed E-state index contributed by atoms with van der Waals surface area (Å²) in [4.78, 5) is 27.4. The molecule has 5 nitrogen and oxygen atoms in total. The number of hydrogen-bond acceptors (Lipinski definition) is 3. The van der Waals surface area contributed by atoms with E-state index in [0.717, 1.165) is 12.8 Å². The maximum absolute atomic E-state index is 12.0. The summed E-state index contributed by atoms with van der Waals surface area (Å²) in [7, 11) is 0. The summed E-state index contributed by atoms with van der Waals surface area (Å²) in [5.74, 6) is -0.305. The van der Waals surface area contributed by atoms with Crippen LogP contribution >= 0.6 is 0 Å². The Labute approximate surface area is 92.7 Å². The molecule has 0 aliphatic carbocycles. The molecule has 1 aromatic heterocycles. The van der Waals surface area contributed by atoms with Gasteiger partial charge in [-0.25, -0.2) is 0 Å². The van der Waals surface area contributed by atoms with E-state index in [0.29, 0.717) is 13.1 Å². The number of nitrogens with one attached hydrogen (secondary N) is 1. The summed E-state index contributed by atoms with van der Waals surface area (Å²) >= 11 is 0. The lowest BCUT2D eigenvalue weighted by atomic mass is 10.1. The van der Waals surface area contributed by atoms with Gasteiger partial charge in [-0.15, -0.1) is 0 Å². The first-order valence-electron chi connectivity index (χ1n) is 5.33. The molecule has 0 bridgehead atoms. The first-order valence-corrected chi connectivity index (χ1v) is 5.33. The summed E-state index contributed by atoms with van der Waals surface area (Å²) in [5, 5.41) is 9.46. The number of H-pyrrole nitrogens is 1. The third-order valence-corrected chi connectivity index (χ3v) is 2.73. The molecule has 1 saturated heterocycles. The number of hydrogen-bond donors (Lipinski definition) is 2. The lowest BCUT2D eigenvalue weighted by Gasteiger charge is -2.29. The second-order valence-corrected chi connectivity index (χ2v) is 3.96. The molecule has 2 rings (SSSR count). The van der Waals surface area contributed by atoms with Gasteiger partial charge in [0.1, 0.15) is 5.56 Å². The summed E-state index contributed by atoms with van der Waals surface area (Å²) in [5.41, 5.74) is -0.246. The minimum absolute atomic E-state index is 0.136. The highest BCUT2D eigenvalue weighted by molar-refractivity contribution is 5.93. The molecule has 1 amide bonds.